The molecule has 0 saturated carbocycles. The summed E-state index contributed by atoms with van der Waals surface area (Å²) in [6, 6.07) is 5.00. The Morgan fingerprint density at radius 2 is 2.21 bits per heavy atom. The molecular weight excluding hydrogens is 181 g/mol. The summed E-state index contributed by atoms with van der Waals surface area (Å²) in [6.45, 7) is 4.11. The number of anilines is 1. The molecule has 14 heavy (non-hydrogen) atoms. The van der Waals surface area contributed by atoms with Gasteiger partial charge >= 0.3 is 0 Å². The first-order valence-electron chi connectivity index (χ1n) is 4.81. The van der Waals surface area contributed by atoms with Crippen molar-refractivity contribution in [2.24, 2.45) is 0 Å². The first-order chi connectivity index (χ1) is 6.63. The molecule has 0 amide bonds. The highest BCUT2D eigenvalue weighted by Gasteiger charge is 2.04. The van der Waals surface area contributed by atoms with Gasteiger partial charge in [-0.2, -0.15) is 0 Å². The summed E-state index contributed by atoms with van der Waals surface area (Å²) < 4.78 is 13.3. The maximum absolute atomic E-state index is 13.3. The molecule has 0 heterocycles. The molecule has 0 spiro atoms. The summed E-state index contributed by atoms with van der Waals surface area (Å²) in [5, 5.41) is 12.1. The van der Waals surface area contributed by atoms with Crippen LogP contribution in [0.3, 0.4) is 0 Å². The van der Waals surface area contributed by atoms with Crippen molar-refractivity contribution in [2.45, 2.75) is 26.4 Å². The summed E-state index contributed by atoms with van der Waals surface area (Å²) in [4.78, 5) is 0. The average Bonchev–Trinajstić information content (AvgIpc) is 2.16. The zero-order valence-corrected chi connectivity index (χ0v) is 8.55. The van der Waals surface area contributed by atoms with E-state index < -0.39 is 6.10 Å². The molecule has 2 nitrogen and oxygen atoms in total. The number of nitrogens with one attached hydrogen (secondary N) is 1. The monoisotopic (exact) mass is 197 g/mol. The van der Waals surface area contributed by atoms with Crippen molar-refractivity contribution < 1.29 is 9.50 Å². The van der Waals surface area contributed by atoms with Crippen molar-refractivity contribution in [3.05, 3.63) is 29.6 Å². The van der Waals surface area contributed by atoms with E-state index in [-0.39, 0.29) is 5.82 Å². The van der Waals surface area contributed by atoms with E-state index in [1.54, 1.807) is 6.07 Å². The minimum Gasteiger partial charge on any atom is -0.391 e. The third-order valence-electron chi connectivity index (χ3n) is 2.12. The average molecular weight is 197 g/mol. The van der Waals surface area contributed by atoms with Crippen LogP contribution in [0, 0.1) is 12.7 Å². The highest BCUT2D eigenvalue weighted by atomic mass is 19.1. The van der Waals surface area contributed by atoms with Gasteiger partial charge in [0.05, 0.1) is 11.8 Å². The number of aliphatic hydroxyl groups is 1. The fourth-order valence-corrected chi connectivity index (χ4v) is 1.14. The first kappa shape index (κ1) is 11.0. The van der Waals surface area contributed by atoms with Gasteiger partial charge in [-0.05, 0) is 31.0 Å². The maximum Gasteiger partial charge on any atom is 0.146 e. The highest BCUT2D eigenvalue weighted by molar-refractivity contribution is 5.46. The normalized spacial score (nSPS) is 12.6. The second-order valence-electron chi connectivity index (χ2n) is 3.43. The van der Waals surface area contributed by atoms with Gasteiger partial charge in [-0.15, -0.1) is 0 Å². The lowest BCUT2D eigenvalue weighted by molar-refractivity contribution is 0.183. The van der Waals surface area contributed by atoms with E-state index >= 15 is 0 Å². The van der Waals surface area contributed by atoms with Crippen LogP contribution in [-0.2, 0) is 0 Å². The Morgan fingerprint density at radius 1 is 1.50 bits per heavy atom. The lowest BCUT2D eigenvalue weighted by Crippen LogP contribution is -2.18. The van der Waals surface area contributed by atoms with Crippen molar-refractivity contribution >= 4 is 5.69 Å². The second-order valence-corrected chi connectivity index (χ2v) is 3.43. The Hall–Kier alpha value is -1.09. The Balaban J connectivity index is 2.59. The standard InChI is InChI=1S/C11H16FNO/c1-3-9(14)7-13-11-5-4-8(2)6-10(11)12/h4-6,9,13-14H,3,7H2,1-2H3/t9-/m1/s1. The van der Waals surface area contributed by atoms with Gasteiger partial charge in [0.15, 0.2) is 0 Å². The van der Waals surface area contributed by atoms with Crippen LogP contribution in [0.2, 0.25) is 0 Å². The molecule has 1 atom stereocenters. The van der Waals surface area contributed by atoms with E-state index in [1.165, 1.54) is 6.07 Å². The summed E-state index contributed by atoms with van der Waals surface area (Å²) in [5.74, 6) is -0.270. The quantitative estimate of drug-likeness (QED) is 0.776. The SMILES string of the molecule is CC[C@@H](O)CNc1ccc(C)cc1F. The number of halogens is 1. The molecule has 1 aromatic rings. The van der Waals surface area contributed by atoms with Crippen molar-refractivity contribution in [3.8, 4) is 0 Å². The van der Waals surface area contributed by atoms with Crippen LogP contribution >= 0.6 is 0 Å². The van der Waals surface area contributed by atoms with Crippen LogP contribution in [0.4, 0.5) is 10.1 Å². The zero-order valence-electron chi connectivity index (χ0n) is 8.55. The summed E-state index contributed by atoms with van der Waals surface area (Å²) >= 11 is 0. The van der Waals surface area contributed by atoms with Crippen molar-refractivity contribution in [1.29, 1.82) is 0 Å². The number of aryl methyl sites for hydroxylation is 1. The number of rotatable bonds is 4. The molecule has 0 saturated heterocycles. The molecule has 1 aromatic carbocycles. The summed E-state index contributed by atoms with van der Waals surface area (Å²) in [6.07, 6.45) is 0.246. The van der Waals surface area contributed by atoms with Gasteiger partial charge in [0, 0.05) is 6.54 Å². The topological polar surface area (TPSA) is 32.3 Å². The fourth-order valence-electron chi connectivity index (χ4n) is 1.14. The fraction of sp³-hybridized carbons (Fsp3) is 0.455. The molecule has 0 aliphatic rings. The van der Waals surface area contributed by atoms with Crippen LogP contribution in [0.1, 0.15) is 18.9 Å². The van der Waals surface area contributed by atoms with E-state index in [9.17, 15) is 9.50 Å². The van der Waals surface area contributed by atoms with E-state index in [0.717, 1.165) is 5.56 Å². The van der Waals surface area contributed by atoms with E-state index in [4.69, 9.17) is 0 Å². The molecule has 0 radical (unpaired) electrons. The van der Waals surface area contributed by atoms with Gasteiger partial charge < -0.3 is 10.4 Å². The van der Waals surface area contributed by atoms with Crippen molar-refractivity contribution in [1.82, 2.24) is 0 Å². The predicted octanol–water partition coefficient (Wildman–Crippen LogP) is 2.32. The molecule has 0 aliphatic heterocycles. The maximum atomic E-state index is 13.3. The van der Waals surface area contributed by atoms with Crippen LogP contribution in [0.5, 0.6) is 0 Å². The van der Waals surface area contributed by atoms with Crippen LogP contribution in [0.15, 0.2) is 18.2 Å². The number of hydrogen-bond donors (Lipinski definition) is 2. The van der Waals surface area contributed by atoms with E-state index in [1.807, 2.05) is 19.9 Å². The molecule has 0 unspecified atom stereocenters. The van der Waals surface area contributed by atoms with Gasteiger partial charge in [0.1, 0.15) is 5.82 Å². The number of benzene rings is 1. The van der Waals surface area contributed by atoms with Gasteiger partial charge in [-0.25, -0.2) is 4.39 Å². The molecule has 1 rings (SSSR count). The van der Waals surface area contributed by atoms with E-state index in [2.05, 4.69) is 5.32 Å². The van der Waals surface area contributed by atoms with Crippen LogP contribution in [0.25, 0.3) is 0 Å². The number of aliphatic hydroxyl groups excluding tert-OH is 1. The molecular formula is C11H16FNO. The Kier molecular flexibility index (Phi) is 3.89. The molecule has 3 heteroatoms. The minimum atomic E-state index is -0.421. The second kappa shape index (κ2) is 4.96. The third-order valence-corrected chi connectivity index (χ3v) is 2.12. The lowest BCUT2D eigenvalue weighted by Gasteiger charge is -2.11. The molecule has 0 aromatic heterocycles. The van der Waals surface area contributed by atoms with Crippen molar-refractivity contribution in [3.63, 3.8) is 0 Å². The lowest BCUT2D eigenvalue weighted by atomic mass is 10.2. The van der Waals surface area contributed by atoms with Gasteiger partial charge in [0.2, 0.25) is 0 Å². The van der Waals surface area contributed by atoms with Crippen LogP contribution in [-0.4, -0.2) is 17.8 Å². The largest absolute Gasteiger partial charge is 0.391 e. The minimum absolute atomic E-state index is 0.270. The summed E-state index contributed by atoms with van der Waals surface area (Å²) in [5.41, 5.74) is 1.34. The highest BCUT2D eigenvalue weighted by Crippen LogP contribution is 2.15. The zero-order chi connectivity index (χ0) is 10.6. The van der Waals surface area contributed by atoms with Crippen LogP contribution < -0.4 is 5.32 Å². The molecule has 0 fully saturated rings. The summed E-state index contributed by atoms with van der Waals surface area (Å²) in [7, 11) is 0. The van der Waals surface area contributed by atoms with Gasteiger partial charge in [-0.1, -0.05) is 13.0 Å². The van der Waals surface area contributed by atoms with Crippen molar-refractivity contribution in [2.75, 3.05) is 11.9 Å². The third kappa shape index (κ3) is 3.00. The molecule has 2 N–H and O–H groups in total. The smallest absolute Gasteiger partial charge is 0.146 e. The Labute approximate surface area is 83.8 Å². The molecule has 78 valence electrons. The van der Waals surface area contributed by atoms with Gasteiger partial charge in [-0.3, -0.25) is 0 Å². The van der Waals surface area contributed by atoms with Gasteiger partial charge in [0.25, 0.3) is 0 Å². The number of hydrogen-bond acceptors (Lipinski definition) is 2. The Bertz CT molecular complexity index is 301. The first-order valence-corrected chi connectivity index (χ1v) is 4.81. The predicted molar refractivity (Wildman–Crippen MR) is 55.9 cm³/mol. The molecule has 0 aliphatic carbocycles. The molecule has 0 bridgehead atoms. The van der Waals surface area contributed by atoms with E-state index in [0.29, 0.717) is 18.7 Å². The Morgan fingerprint density at radius 3 is 2.79 bits per heavy atom.